The van der Waals surface area contributed by atoms with Crippen LogP contribution < -0.4 is 23.8 Å². The van der Waals surface area contributed by atoms with Crippen molar-refractivity contribution in [3.05, 3.63) is 71.8 Å². The summed E-state index contributed by atoms with van der Waals surface area (Å²) in [4.78, 5) is 13.1. The number of nitrogens with one attached hydrogen (secondary N) is 1. The zero-order valence-electron chi connectivity index (χ0n) is 20.5. The minimum absolute atomic E-state index is 0.0219. The molecule has 0 atom stereocenters. The average molecular weight is 499 g/mol. The first-order chi connectivity index (χ1) is 16.7. The van der Waals surface area contributed by atoms with Crippen LogP contribution in [0.3, 0.4) is 0 Å². The molecule has 0 heterocycles. The molecule has 0 fully saturated rings. The number of carbonyl (C=O) groups excluding carboxylic acids is 1. The van der Waals surface area contributed by atoms with Crippen molar-refractivity contribution >= 4 is 27.3 Å². The van der Waals surface area contributed by atoms with Crippen LogP contribution in [-0.4, -0.2) is 42.2 Å². The summed E-state index contributed by atoms with van der Waals surface area (Å²) in [5, 5.41) is 2.74. The fourth-order valence-electron chi connectivity index (χ4n) is 3.55. The van der Waals surface area contributed by atoms with Crippen LogP contribution in [0, 0.1) is 6.92 Å². The van der Waals surface area contributed by atoms with E-state index in [1.807, 2.05) is 19.1 Å². The average Bonchev–Trinajstić information content (AvgIpc) is 2.87. The molecule has 0 aliphatic rings. The third-order valence-corrected chi connectivity index (χ3v) is 7.28. The van der Waals surface area contributed by atoms with Gasteiger partial charge in [-0.05, 0) is 60.9 Å². The number of rotatable bonds is 10. The molecule has 8 nitrogen and oxygen atoms in total. The minimum atomic E-state index is -4.16. The molecule has 0 aliphatic heterocycles. The highest BCUT2D eigenvalue weighted by Crippen LogP contribution is 2.32. The largest absolute Gasteiger partial charge is 0.497 e. The lowest BCUT2D eigenvalue weighted by Crippen LogP contribution is -2.38. The van der Waals surface area contributed by atoms with Gasteiger partial charge in [-0.15, -0.1) is 0 Å². The third-order valence-electron chi connectivity index (χ3n) is 5.49. The molecule has 3 aromatic rings. The number of hydrogen-bond donors (Lipinski definition) is 1. The smallest absolute Gasteiger partial charge is 0.268 e. The number of carbonyl (C=O) groups is 1. The first kappa shape index (κ1) is 25.9. The number of aryl methyl sites for hydroxylation is 2. The van der Waals surface area contributed by atoms with Crippen LogP contribution in [0.1, 0.15) is 18.1 Å². The Kier molecular flexibility index (Phi) is 8.24. The molecule has 3 aromatic carbocycles. The lowest BCUT2D eigenvalue weighted by atomic mass is 10.1. The van der Waals surface area contributed by atoms with E-state index >= 15 is 0 Å². The van der Waals surface area contributed by atoms with E-state index in [0.29, 0.717) is 22.9 Å². The SMILES string of the molecule is CCc1ccc(N(CC(=O)Nc2cc(OC)ccc2OC)S(=O)(=O)c2cc(C)ccc2OC)cc1. The van der Waals surface area contributed by atoms with E-state index in [-0.39, 0.29) is 10.6 Å². The van der Waals surface area contributed by atoms with Crippen LogP contribution in [0.4, 0.5) is 11.4 Å². The maximum absolute atomic E-state index is 13.9. The number of ether oxygens (including phenoxy) is 3. The highest BCUT2D eigenvalue weighted by atomic mass is 32.2. The summed E-state index contributed by atoms with van der Waals surface area (Å²) >= 11 is 0. The predicted octanol–water partition coefficient (Wildman–Crippen LogP) is 4.42. The maximum atomic E-state index is 13.9. The highest BCUT2D eigenvalue weighted by Gasteiger charge is 2.30. The second kappa shape index (κ2) is 11.1. The molecule has 0 unspecified atom stereocenters. The van der Waals surface area contributed by atoms with E-state index in [1.165, 1.54) is 27.4 Å². The van der Waals surface area contributed by atoms with Crippen molar-refractivity contribution in [1.82, 2.24) is 0 Å². The molecule has 0 saturated carbocycles. The molecule has 0 bridgehead atoms. The van der Waals surface area contributed by atoms with Crippen molar-refractivity contribution in [2.24, 2.45) is 0 Å². The molecular formula is C26H30N2O6S. The quantitative estimate of drug-likeness (QED) is 0.445. The molecule has 0 aliphatic carbocycles. The fraction of sp³-hybridized carbons (Fsp3) is 0.269. The number of benzene rings is 3. The van der Waals surface area contributed by atoms with Gasteiger partial charge in [0.05, 0.1) is 32.7 Å². The Morgan fingerprint density at radius 3 is 2.14 bits per heavy atom. The van der Waals surface area contributed by atoms with Gasteiger partial charge in [-0.25, -0.2) is 8.42 Å². The molecule has 3 rings (SSSR count). The van der Waals surface area contributed by atoms with Crippen LogP contribution in [-0.2, 0) is 21.2 Å². The summed E-state index contributed by atoms with van der Waals surface area (Å²) in [6, 6.07) is 16.9. The van der Waals surface area contributed by atoms with Gasteiger partial charge < -0.3 is 19.5 Å². The number of methoxy groups -OCH3 is 3. The van der Waals surface area contributed by atoms with Gasteiger partial charge in [0.2, 0.25) is 5.91 Å². The Labute approximate surface area is 206 Å². The Morgan fingerprint density at radius 2 is 1.54 bits per heavy atom. The summed E-state index contributed by atoms with van der Waals surface area (Å²) in [7, 11) is 0.236. The Balaban J connectivity index is 2.03. The van der Waals surface area contributed by atoms with Gasteiger partial charge in [0.25, 0.3) is 10.0 Å². The van der Waals surface area contributed by atoms with Crippen LogP contribution in [0.5, 0.6) is 17.2 Å². The molecule has 0 radical (unpaired) electrons. The van der Waals surface area contributed by atoms with E-state index < -0.39 is 22.5 Å². The van der Waals surface area contributed by atoms with Crippen molar-refractivity contribution in [3.63, 3.8) is 0 Å². The van der Waals surface area contributed by atoms with E-state index in [1.54, 1.807) is 49.4 Å². The molecule has 0 aromatic heterocycles. The molecule has 1 N–H and O–H groups in total. The summed E-state index contributed by atoms with van der Waals surface area (Å²) in [6.45, 7) is 3.34. The lowest BCUT2D eigenvalue weighted by Gasteiger charge is -2.25. The molecule has 1 amide bonds. The normalized spacial score (nSPS) is 11.0. The second-order valence-corrected chi connectivity index (χ2v) is 9.63. The standard InChI is InChI=1S/C26H30N2O6S/c1-6-19-8-10-20(11-9-19)28(35(30,31)25-15-18(2)7-13-24(25)34-5)17-26(29)27-22-16-21(32-3)12-14-23(22)33-4/h7-16H,6,17H2,1-5H3,(H,27,29). The molecule has 0 spiro atoms. The summed E-state index contributed by atoms with van der Waals surface area (Å²) < 4.78 is 44.7. The number of amides is 1. The minimum Gasteiger partial charge on any atom is -0.497 e. The molecule has 0 saturated heterocycles. The van der Waals surface area contributed by atoms with Gasteiger partial charge in [-0.2, -0.15) is 0 Å². The number of nitrogens with zero attached hydrogens (tertiary/aromatic N) is 1. The summed E-state index contributed by atoms with van der Waals surface area (Å²) in [5.41, 5.74) is 2.52. The van der Waals surface area contributed by atoms with Crippen molar-refractivity contribution in [3.8, 4) is 17.2 Å². The molecule has 186 valence electrons. The highest BCUT2D eigenvalue weighted by molar-refractivity contribution is 7.93. The third kappa shape index (κ3) is 5.86. The van der Waals surface area contributed by atoms with Crippen molar-refractivity contribution in [2.75, 3.05) is 37.5 Å². The van der Waals surface area contributed by atoms with Gasteiger partial charge in [-0.1, -0.05) is 25.1 Å². The van der Waals surface area contributed by atoms with E-state index in [2.05, 4.69) is 5.32 Å². The van der Waals surface area contributed by atoms with Gasteiger partial charge in [0.15, 0.2) is 0 Å². The summed E-state index contributed by atoms with van der Waals surface area (Å²) in [5.74, 6) is 0.582. The Hall–Kier alpha value is -3.72. The Morgan fingerprint density at radius 1 is 0.886 bits per heavy atom. The van der Waals surface area contributed by atoms with Crippen LogP contribution in [0.15, 0.2) is 65.6 Å². The first-order valence-electron chi connectivity index (χ1n) is 11.0. The number of anilines is 2. The molecule has 9 heteroatoms. The van der Waals surface area contributed by atoms with Crippen molar-refractivity contribution in [1.29, 1.82) is 0 Å². The lowest BCUT2D eigenvalue weighted by molar-refractivity contribution is -0.114. The molecular weight excluding hydrogens is 468 g/mol. The predicted molar refractivity (Wildman–Crippen MR) is 136 cm³/mol. The first-order valence-corrected chi connectivity index (χ1v) is 12.5. The summed E-state index contributed by atoms with van der Waals surface area (Å²) in [6.07, 6.45) is 0.800. The van der Waals surface area contributed by atoms with Gasteiger partial charge in [0, 0.05) is 6.07 Å². The fourth-order valence-corrected chi connectivity index (χ4v) is 5.21. The van der Waals surface area contributed by atoms with Crippen LogP contribution in [0.2, 0.25) is 0 Å². The van der Waals surface area contributed by atoms with Gasteiger partial charge >= 0.3 is 0 Å². The second-order valence-electron chi connectivity index (χ2n) is 7.80. The maximum Gasteiger partial charge on any atom is 0.268 e. The number of sulfonamides is 1. The van der Waals surface area contributed by atoms with Crippen LogP contribution >= 0.6 is 0 Å². The van der Waals surface area contributed by atoms with E-state index in [4.69, 9.17) is 14.2 Å². The zero-order chi connectivity index (χ0) is 25.6. The van der Waals surface area contributed by atoms with Crippen molar-refractivity contribution in [2.45, 2.75) is 25.2 Å². The topological polar surface area (TPSA) is 94.2 Å². The molecule has 35 heavy (non-hydrogen) atoms. The Bertz CT molecular complexity index is 1290. The zero-order valence-corrected chi connectivity index (χ0v) is 21.3. The van der Waals surface area contributed by atoms with Gasteiger partial charge in [0.1, 0.15) is 28.7 Å². The van der Waals surface area contributed by atoms with Crippen molar-refractivity contribution < 1.29 is 27.4 Å². The van der Waals surface area contributed by atoms with Crippen LogP contribution in [0.25, 0.3) is 0 Å². The monoisotopic (exact) mass is 498 g/mol. The van der Waals surface area contributed by atoms with E-state index in [0.717, 1.165) is 21.9 Å². The van der Waals surface area contributed by atoms with Gasteiger partial charge in [-0.3, -0.25) is 9.10 Å². The van der Waals surface area contributed by atoms with E-state index in [9.17, 15) is 13.2 Å². The number of hydrogen-bond acceptors (Lipinski definition) is 6.